The van der Waals surface area contributed by atoms with Gasteiger partial charge in [-0.05, 0) is 31.2 Å². The molecule has 5 nitrogen and oxygen atoms in total. The van der Waals surface area contributed by atoms with Crippen LogP contribution < -0.4 is 4.90 Å². The summed E-state index contributed by atoms with van der Waals surface area (Å²) < 4.78 is 0. The first-order valence-corrected chi connectivity index (χ1v) is 8.10. The maximum absolute atomic E-state index is 13.0. The van der Waals surface area contributed by atoms with Crippen molar-refractivity contribution in [2.24, 2.45) is 0 Å². The summed E-state index contributed by atoms with van der Waals surface area (Å²) in [6.07, 6.45) is 1.44. The van der Waals surface area contributed by atoms with Crippen molar-refractivity contribution in [3.8, 4) is 0 Å². The van der Waals surface area contributed by atoms with E-state index < -0.39 is 0 Å². The molecule has 23 heavy (non-hydrogen) atoms. The zero-order valence-electron chi connectivity index (χ0n) is 12.6. The quantitative estimate of drug-likeness (QED) is 0.728. The topological polar surface area (TPSA) is 61.9 Å². The van der Waals surface area contributed by atoms with Gasteiger partial charge in [-0.25, -0.2) is 4.98 Å². The summed E-state index contributed by atoms with van der Waals surface area (Å²) in [6.45, 7) is 1.87. The third-order valence-corrected chi connectivity index (χ3v) is 4.25. The van der Waals surface area contributed by atoms with Gasteiger partial charge in [0.25, 0.3) is 0 Å². The minimum absolute atomic E-state index is 0.0104. The van der Waals surface area contributed by atoms with E-state index in [1.54, 1.807) is 4.90 Å². The van der Waals surface area contributed by atoms with Gasteiger partial charge in [-0.3, -0.25) is 14.8 Å². The van der Waals surface area contributed by atoms with Gasteiger partial charge < -0.3 is 0 Å². The molecule has 2 aromatic carbocycles. The Bertz CT molecular complexity index is 707. The predicted molar refractivity (Wildman–Crippen MR) is 91.7 cm³/mol. The van der Waals surface area contributed by atoms with Crippen molar-refractivity contribution in [2.75, 3.05) is 4.90 Å². The molecule has 1 heterocycles. The fraction of sp³-hybridized carbons (Fsp3) is 0.118. The van der Waals surface area contributed by atoms with Crippen LogP contribution in [0.5, 0.6) is 0 Å². The smallest absolute Gasteiger partial charge is 0.244 e. The van der Waals surface area contributed by atoms with Crippen LogP contribution >= 0.6 is 11.8 Å². The van der Waals surface area contributed by atoms with Crippen LogP contribution in [0.3, 0.4) is 0 Å². The summed E-state index contributed by atoms with van der Waals surface area (Å²) >= 11 is 1.36. The highest BCUT2D eigenvalue weighted by Crippen LogP contribution is 2.29. The van der Waals surface area contributed by atoms with Gasteiger partial charge in [-0.2, -0.15) is 5.10 Å². The second kappa shape index (κ2) is 7.11. The van der Waals surface area contributed by atoms with E-state index in [1.807, 2.05) is 67.6 Å². The molecule has 0 radical (unpaired) electrons. The number of nitrogens with one attached hydrogen (secondary N) is 1. The number of amides is 1. The highest BCUT2D eigenvalue weighted by Gasteiger charge is 2.25. The molecule has 0 spiro atoms. The van der Waals surface area contributed by atoms with Crippen molar-refractivity contribution in [1.29, 1.82) is 0 Å². The lowest BCUT2D eigenvalue weighted by atomic mass is 10.2. The number of aromatic amines is 1. The molecule has 0 saturated heterocycles. The number of anilines is 2. The van der Waals surface area contributed by atoms with E-state index >= 15 is 0 Å². The van der Waals surface area contributed by atoms with Crippen molar-refractivity contribution < 1.29 is 4.79 Å². The van der Waals surface area contributed by atoms with Crippen LogP contribution in [0.15, 0.2) is 72.1 Å². The van der Waals surface area contributed by atoms with Gasteiger partial charge in [0.2, 0.25) is 5.91 Å². The second-order valence-corrected chi connectivity index (χ2v) is 6.22. The Morgan fingerprint density at radius 2 is 1.61 bits per heavy atom. The lowest BCUT2D eigenvalue weighted by Gasteiger charge is -2.25. The fourth-order valence-corrected chi connectivity index (χ4v) is 2.96. The molecule has 116 valence electrons. The fourth-order valence-electron chi connectivity index (χ4n) is 2.21. The monoisotopic (exact) mass is 324 g/mol. The Hall–Kier alpha value is -2.60. The number of carbonyl (C=O) groups is 1. The van der Waals surface area contributed by atoms with Crippen LogP contribution in [0.25, 0.3) is 0 Å². The predicted octanol–water partition coefficient (Wildman–Crippen LogP) is 3.65. The van der Waals surface area contributed by atoms with Crippen LogP contribution in [0.2, 0.25) is 0 Å². The minimum Gasteiger partial charge on any atom is -0.280 e. The highest BCUT2D eigenvalue weighted by atomic mass is 32.2. The van der Waals surface area contributed by atoms with Crippen LogP contribution in [-0.4, -0.2) is 26.3 Å². The van der Waals surface area contributed by atoms with Crippen LogP contribution in [-0.2, 0) is 4.79 Å². The zero-order chi connectivity index (χ0) is 16.1. The minimum atomic E-state index is -0.302. The number of para-hydroxylation sites is 2. The first kappa shape index (κ1) is 15.3. The van der Waals surface area contributed by atoms with E-state index in [1.165, 1.54) is 18.1 Å². The molecule has 3 aromatic rings. The van der Waals surface area contributed by atoms with E-state index in [4.69, 9.17) is 0 Å². The van der Waals surface area contributed by atoms with Crippen LogP contribution in [0, 0.1) is 0 Å². The molecule has 1 amide bonds. The summed E-state index contributed by atoms with van der Waals surface area (Å²) in [7, 11) is 0. The number of thioether (sulfide) groups is 1. The summed E-state index contributed by atoms with van der Waals surface area (Å²) in [5.41, 5.74) is 1.68. The van der Waals surface area contributed by atoms with E-state index in [0.717, 1.165) is 11.4 Å². The Kier molecular flexibility index (Phi) is 4.73. The molecule has 0 aliphatic rings. The molecule has 0 fully saturated rings. The average Bonchev–Trinajstić information content (AvgIpc) is 3.10. The summed E-state index contributed by atoms with van der Waals surface area (Å²) in [5, 5.41) is 6.92. The molecule has 0 aliphatic heterocycles. The van der Waals surface area contributed by atoms with E-state index in [2.05, 4.69) is 15.2 Å². The van der Waals surface area contributed by atoms with E-state index in [-0.39, 0.29) is 11.2 Å². The molecule has 0 aliphatic carbocycles. The number of hydrogen-bond acceptors (Lipinski definition) is 4. The molecule has 0 saturated carbocycles. The van der Waals surface area contributed by atoms with Gasteiger partial charge in [0.15, 0.2) is 5.16 Å². The average molecular weight is 324 g/mol. The van der Waals surface area contributed by atoms with Gasteiger partial charge in [0.1, 0.15) is 6.33 Å². The Labute approximate surface area is 138 Å². The Balaban J connectivity index is 1.90. The molecule has 0 unspecified atom stereocenters. The molecule has 1 atom stereocenters. The SMILES string of the molecule is C[C@@H](Sc1ncn[nH]1)C(=O)N(c1ccccc1)c1ccccc1. The van der Waals surface area contributed by atoms with Crippen LogP contribution in [0.4, 0.5) is 11.4 Å². The molecule has 6 heteroatoms. The second-order valence-electron chi connectivity index (χ2n) is 4.90. The lowest BCUT2D eigenvalue weighted by molar-refractivity contribution is -0.117. The van der Waals surface area contributed by atoms with E-state index in [9.17, 15) is 4.79 Å². The number of hydrogen-bond donors (Lipinski definition) is 1. The molecule has 1 aromatic heterocycles. The number of carbonyl (C=O) groups excluding carboxylic acids is 1. The van der Waals surface area contributed by atoms with Gasteiger partial charge >= 0.3 is 0 Å². The number of nitrogens with zero attached hydrogens (tertiary/aromatic N) is 3. The maximum atomic E-state index is 13.0. The highest BCUT2D eigenvalue weighted by molar-refractivity contribution is 8.00. The summed E-state index contributed by atoms with van der Waals surface area (Å²) in [5.74, 6) is -0.0104. The van der Waals surface area contributed by atoms with Crippen molar-refractivity contribution in [3.05, 3.63) is 67.0 Å². The van der Waals surface area contributed by atoms with Gasteiger partial charge in [-0.15, -0.1) is 0 Å². The van der Waals surface area contributed by atoms with Crippen molar-refractivity contribution in [3.63, 3.8) is 0 Å². The maximum Gasteiger partial charge on any atom is 0.244 e. The standard InChI is InChI=1S/C17H16N4OS/c1-13(23-17-18-12-19-20-17)16(22)21(14-8-4-2-5-9-14)15-10-6-3-7-11-15/h2-13H,1H3,(H,18,19,20)/t13-/m1/s1. The zero-order valence-corrected chi connectivity index (χ0v) is 13.4. The van der Waals surface area contributed by atoms with Gasteiger partial charge in [0, 0.05) is 11.4 Å². The van der Waals surface area contributed by atoms with Gasteiger partial charge in [-0.1, -0.05) is 48.2 Å². The van der Waals surface area contributed by atoms with Crippen molar-refractivity contribution in [2.45, 2.75) is 17.3 Å². The number of benzene rings is 2. The Morgan fingerprint density at radius 3 is 2.09 bits per heavy atom. The normalized spacial score (nSPS) is 11.9. The molecule has 0 bridgehead atoms. The summed E-state index contributed by atoms with van der Waals surface area (Å²) in [4.78, 5) is 18.8. The van der Waals surface area contributed by atoms with Crippen molar-refractivity contribution in [1.82, 2.24) is 15.2 Å². The third kappa shape index (κ3) is 3.60. The molecule has 1 N–H and O–H groups in total. The van der Waals surface area contributed by atoms with Crippen LogP contribution in [0.1, 0.15) is 6.92 Å². The number of rotatable bonds is 5. The lowest BCUT2D eigenvalue weighted by Crippen LogP contribution is -2.32. The van der Waals surface area contributed by atoms with E-state index in [0.29, 0.717) is 5.16 Å². The Morgan fingerprint density at radius 1 is 1.04 bits per heavy atom. The summed E-state index contributed by atoms with van der Waals surface area (Å²) in [6, 6.07) is 19.3. The van der Waals surface area contributed by atoms with Crippen molar-refractivity contribution >= 4 is 29.0 Å². The molecule has 3 rings (SSSR count). The molecular weight excluding hydrogens is 308 g/mol. The number of aromatic nitrogens is 3. The van der Waals surface area contributed by atoms with Gasteiger partial charge in [0.05, 0.1) is 5.25 Å². The molecular formula is C17H16N4OS. The first-order valence-electron chi connectivity index (χ1n) is 7.22. The largest absolute Gasteiger partial charge is 0.280 e. The first-order chi connectivity index (χ1) is 11.3. The number of H-pyrrole nitrogens is 1. The third-order valence-electron chi connectivity index (χ3n) is 3.28.